The number of amides is 1. The van der Waals surface area contributed by atoms with Gasteiger partial charge in [-0.25, -0.2) is 13.2 Å². The highest BCUT2D eigenvalue weighted by atomic mass is 19.2. The van der Waals surface area contributed by atoms with Crippen LogP contribution in [0.2, 0.25) is 0 Å². The maximum atomic E-state index is 13.5. The fraction of sp³-hybridized carbons (Fsp3) is 0.429. The molecule has 7 heteroatoms. The number of anilines is 1. The van der Waals surface area contributed by atoms with Crippen LogP contribution in [-0.2, 0) is 9.59 Å². The van der Waals surface area contributed by atoms with Gasteiger partial charge in [-0.15, -0.1) is 0 Å². The summed E-state index contributed by atoms with van der Waals surface area (Å²) >= 11 is 0. The first kappa shape index (κ1) is 15.3. The smallest absolute Gasteiger partial charge is 0.307 e. The first-order chi connectivity index (χ1) is 9.79. The highest BCUT2D eigenvalue weighted by Crippen LogP contribution is 2.37. The Morgan fingerprint density at radius 2 is 1.81 bits per heavy atom. The van der Waals surface area contributed by atoms with Gasteiger partial charge in [-0.05, 0) is 18.8 Å². The molecule has 1 unspecified atom stereocenters. The van der Waals surface area contributed by atoms with Gasteiger partial charge in [0, 0.05) is 12.1 Å². The molecule has 4 nitrogen and oxygen atoms in total. The molecule has 0 spiro atoms. The predicted octanol–water partition coefficient (Wildman–Crippen LogP) is 2.79. The topological polar surface area (TPSA) is 66.4 Å². The third-order valence-electron chi connectivity index (χ3n) is 3.70. The second-order valence-electron chi connectivity index (χ2n) is 5.37. The molecule has 0 radical (unpaired) electrons. The summed E-state index contributed by atoms with van der Waals surface area (Å²) in [6, 6.07) is 1.02. The van der Waals surface area contributed by atoms with Crippen LogP contribution in [-0.4, -0.2) is 17.0 Å². The summed E-state index contributed by atoms with van der Waals surface area (Å²) < 4.78 is 39.6. The molecule has 3 atom stereocenters. The summed E-state index contributed by atoms with van der Waals surface area (Å²) in [4.78, 5) is 23.2. The minimum atomic E-state index is -1.42. The minimum Gasteiger partial charge on any atom is -0.481 e. The van der Waals surface area contributed by atoms with Crippen LogP contribution < -0.4 is 5.32 Å². The Morgan fingerprint density at radius 1 is 1.19 bits per heavy atom. The van der Waals surface area contributed by atoms with E-state index in [1.54, 1.807) is 0 Å². The summed E-state index contributed by atoms with van der Waals surface area (Å²) in [6.07, 6.45) is 0.676. The molecule has 0 heterocycles. The van der Waals surface area contributed by atoms with E-state index in [1.807, 2.05) is 6.92 Å². The normalized spacial score (nSPS) is 24.9. The number of rotatable bonds is 3. The highest BCUT2D eigenvalue weighted by Gasteiger charge is 2.41. The van der Waals surface area contributed by atoms with E-state index < -0.39 is 46.9 Å². The van der Waals surface area contributed by atoms with E-state index in [9.17, 15) is 22.8 Å². The van der Waals surface area contributed by atoms with Crippen molar-refractivity contribution >= 4 is 17.6 Å². The zero-order chi connectivity index (χ0) is 15.7. The van der Waals surface area contributed by atoms with Crippen molar-refractivity contribution in [1.29, 1.82) is 0 Å². The maximum absolute atomic E-state index is 13.5. The second kappa shape index (κ2) is 5.75. The molecule has 0 bridgehead atoms. The highest BCUT2D eigenvalue weighted by molar-refractivity contribution is 5.95. The summed E-state index contributed by atoms with van der Waals surface area (Å²) in [6.45, 7) is 1.81. The Labute approximate surface area is 119 Å². The molecule has 0 aromatic heterocycles. The Hall–Kier alpha value is -2.05. The molecular weight excluding hydrogens is 287 g/mol. The van der Waals surface area contributed by atoms with Crippen molar-refractivity contribution < 1.29 is 27.9 Å². The van der Waals surface area contributed by atoms with Gasteiger partial charge in [0.05, 0.1) is 17.5 Å². The van der Waals surface area contributed by atoms with Crippen LogP contribution in [0.3, 0.4) is 0 Å². The van der Waals surface area contributed by atoms with Gasteiger partial charge in [0.2, 0.25) is 5.91 Å². The first-order valence-corrected chi connectivity index (χ1v) is 6.47. The molecule has 114 valence electrons. The largest absolute Gasteiger partial charge is 0.481 e. The van der Waals surface area contributed by atoms with Crippen molar-refractivity contribution in [3.05, 3.63) is 29.6 Å². The Morgan fingerprint density at radius 3 is 2.43 bits per heavy atom. The molecule has 1 aliphatic rings. The van der Waals surface area contributed by atoms with Crippen molar-refractivity contribution in [2.75, 3.05) is 5.32 Å². The molecule has 1 fully saturated rings. The molecule has 0 aliphatic heterocycles. The second-order valence-corrected chi connectivity index (χ2v) is 5.37. The van der Waals surface area contributed by atoms with Crippen LogP contribution in [0.25, 0.3) is 0 Å². The van der Waals surface area contributed by atoms with Crippen molar-refractivity contribution in [3.63, 3.8) is 0 Å². The molecule has 1 aliphatic carbocycles. The van der Waals surface area contributed by atoms with Gasteiger partial charge in [-0.3, -0.25) is 9.59 Å². The van der Waals surface area contributed by atoms with Crippen molar-refractivity contribution in [2.45, 2.75) is 19.8 Å². The molecule has 21 heavy (non-hydrogen) atoms. The first-order valence-electron chi connectivity index (χ1n) is 6.47. The van der Waals surface area contributed by atoms with Gasteiger partial charge in [-0.1, -0.05) is 6.92 Å². The average Bonchev–Trinajstić information content (AvgIpc) is 2.77. The van der Waals surface area contributed by atoms with E-state index in [-0.39, 0.29) is 5.92 Å². The standard InChI is InChI=1S/C14H14F3NO3/c1-6-2-8(9(3-6)14(20)21)13(19)18-11-5-7(15)4-10(16)12(11)17/h4-6,8-9H,2-3H2,1H3,(H,18,19)(H,20,21)/t6?,8-,9+/m0/s1. The molecule has 2 rings (SSSR count). The predicted molar refractivity (Wildman–Crippen MR) is 68.0 cm³/mol. The minimum absolute atomic E-state index is 0.0379. The monoisotopic (exact) mass is 301 g/mol. The summed E-state index contributed by atoms with van der Waals surface area (Å²) in [5.41, 5.74) is -0.624. The van der Waals surface area contributed by atoms with Gasteiger partial charge in [0.1, 0.15) is 5.82 Å². The van der Waals surface area contributed by atoms with Crippen LogP contribution in [0, 0.1) is 35.2 Å². The Bertz CT molecular complexity index is 591. The fourth-order valence-corrected chi connectivity index (χ4v) is 2.73. The van der Waals surface area contributed by atoms with Gasteiger partial charge in [-0.2, -0.15) is 0 Å². The third-order valence-corrected chi connectivity index (χ3v) is 3.70. The van der Waals surface area contributed by atoms with Crippen LogP contribution in [0.4, 0.5) is 18.9 Å². The van der Waals surface area contributed by atoms with Gasteiger partial charge >= 0.3 is 5.97 Å². The molecule has 0 saturated heterocycles. The molecule has 1 aromatic rings. The van der Waals surface area contributed by atoms with Crippen molar-refractivity contribution in [2.24, 2.45) is 17.8 Å². The van der Waals surface area contributed by atoms with Crippen LogP contribution >= 0.6 is 0 Å². The number of carboxylic acid groups (broad SMARTS) is 1. The zero-order valence-electron chi connectivity index (χ0n) is 11.2. The van der Waals surface area contributed by atoms with Crippen LogP contribution in [0.1, 0.15) is 19.8 Å². The van der Waals surface area contributed by atoms with Crippen molar-refractivity contribution in [1.82, 2.24) is 0 Å². The number of carboxylic acids is 1. The Balaban J connectivity index is 2.20. The molecule has 1 amide bonds. The maximum Gasteiger partial charge on any atom is 0.307 e. The van der Waals surface area contributed by atoms with Gasteiger partial charge in [0.25, 0.3) is 0 Å². The fourth-order valence-electron chi connectivity index (χ4n) is 2.73. The molecule has 1 saturated carbocycles. The summed E-state index contributed by atoms with van der Waals surface area (Å²) in [7, 11) is 0. The number of hydrogen-bond donors (Lipinski definition) is 2. The quantitative estimate of drug-likeness (QED) is 0.844. The zero-order valence-corrected chi connectivity index (χ0v) is 11.2. The average molecular weight is 301 g/mol. The number of hydrogen-bond acceptors (Lipinski definition) is 2. The molecular formula is C14H14F3NO3. The number of halogens is 3. The molecule has 2 N–H and O–H groups in total. The van der Waals surface area contributed by atoms with Gasteiger partial charge < -0.3 is 10.4 Å². The van der Waals surface area contributed by atoms with E-state index in [4.69, 9.17) is 5.11 Å². The lowest BCUT2D eigenvalue weighted by molar-refractivity contribution is -0.145. The number of carbonyl (C=O) groups excluding carboxylic acids is 1. The van der Waals surface area contributed by atoms with E-state index in [1.165, 1.54) is 0 Å². The van der Waals surface area contributed by atoms with E-state index in [0.717, 1.165) is 0 Å². The lowest BCUT2D eigenvalue weighted by Crippen LogP contribution is -2.30. The number of carbonyl (C=O) groups is 2. The Kier molecular flexibility index (Phi) is 4.20. The van der Waals surface area contributed by atoms with Gasteiger partial charge in [0.15, 0.2) is 11.6 Å². The summed E-state index contributed by atoms with van der Waals surface area (Å²) in [5.74, 6) is -7.34. The van der Waals surface area contributed by atoms with E-state index in [2.05, 4.69) is 5.32 Å². The van der Waals surface area contributed by atoms with Crippen molar-refractivity contribution in [3.8, 4) is 0 Å². The lowest BCUT2D eigenvalue weighted by atomic mass is 9.95. The SMILES string of the molecule is CC1C[C@H](C(=O)Nc2cc(F)cc(F)c2F)[C@H](C(=O)O)C1. The number of benzene rings is 1. The van der Waals surface area contributed by atoms with Crippen LogP contribution in [0.15, 0.2) is 12.1 Å². The van der Waals surface area contributed by atoms with E-state index >= 15 is 0 Å². The number of nitrogens with one attached hydrogen (secondary N) is 1. The number of aliphatic carboxylic acids is 1. The third kappa shape index (κ3) is 3.17. The lowest BCUT2D eigenvalue weighted by Gasteiger charge is -2.16. The van der Waals surface area contributed by atoms with E-state index in [0.29, 0.717) is 25.0 Å². The summed E-state index contributed by atoms with van der Waals surface area (Å²) in [5, 5.41) is 11.2. The van der Waals surface area contributed by atoms with Crippen LogP contribution in [0.5, 0.6) is 0 Å². The molecule has 1 aromatic carbocycles.